The van der Waals surface area contributed by atoms with E-state index >= 15 is 0 Å². The summed E-state index contributed by atoms with van der Waals surface area (Å²) in [5, 5.41) is 4.99. The summed E-state index contributed by atoms with van der Waals surface area (Å²) in [5.41, 5.74) is 0.491. The number of carbonyl (C=O) groups excluding carboxylic acids is 1. The van der Waals surface area contributed by atoms with Crippen molar-refractivity contribution < 1.29 is 22.7 Å². The second kappa shape index (κ2) is 9.52. The summed E-state index contributed by atoms with van der Waals surface area (Å²) in [7, 11) is 0. The second-order valence-corrected chi connectivity index (χ2v) is 8.41. The van der Waals surface area contributed by atoms with E-state index < -0.39 is 17.8 Å². The van der Waals surface area contributed by atoms with Gasteiger partial charge in [-0.15, -0.1) is 0 Å². The predicted molar refractivity (Wildman–Crippen MR) is 111 cm³/mol. The molecule has 0 aliphatic heterocycles. The third-order valence-corrected chi connectivity index (χ3v) is 4.73. The minimum atomic E-state index is -4.45. The van der Waals surface area contributed by atoms with Crippen molar-refractivity contribution in [3.63, 3.8) is 0 Å². The lowest BCUT2D eigenvalue weighted by Crippen LogP contribution is -2.30. The maximum absolute atomic E-state index is 12.7. The zero-order valence-corrected chi connectivity index (χ0v) is 18.1. The fraction of sp³-hybridized carbons (Fsp3) is 0.381. The molecule has 0 atom stereocenters. The van der Waals surface area contributed by atoms with Gasteiger partial charge in [0.15, 0.2) is 0 Å². The van der Waals surface area contributed by atoms with E-state index in [1.54, 1.807) is 0 Å². The van der Waals surface area contributed by atoms with Gasteiger partial charge in [-0.1, -0.05) is 32.9 Å². The molecule has 0 heterocycles. The summed E-state index contributed by atoms with van der Waals surface area (Å²) in [6.07, 6.45) is -3.91. The first kappa shape index (κ1) is 23.1. The van der Waals surface area contributed by atoms with Gasteiger partial charge in [0.25, 0.3) is 0 Å². The van der Waals surface area contributed by atoms with E-state index in [-0.39, 0.29) is 11.1 Å². The predicted octanol–water partition coefficient (Wildman–Crippen LogP) is 6.36. The van der Waals surface area contributed by atoms with Gasteiger partial charge in [-0.05, 0) is 63.7 Å². The van der Waals surface area contributed by atoms with Gasteiger partial charge in [-0.3, -0.25) is 0 Å². The van der Waals surface area contributed by atoms with Crippen molar-refractivity contribution >= 4 is 27.6 Å². The molecule has 0 unspecified atom stereocenters. The van der Waals surface area contributed by atoms with Crippen molar-refractivity contribution in [2.75, 3.05) is 18.5 Å². The van der Waals surface area contributed by atoms with Crippen LogP contribution in [0.4, 0.5) is 23.7 Å². The van der Waals surface area contributed by atoms with Crippen molar-refractivity contribution in [2.45, 2.75) is 38.8 Å². The van der Waals surface area contributed by atoms with E-state index in [1.807, 2.05) is 18.2 Å². The zero-order chi connectivity index (χ0) is 21.7. The fourth-order valence-electron chi connectivity index (χ4n) is 2.49. The lowest BCUT2D eigenvalue weighted by Gasteiger charge is -2.20. The first-order valence-electron chi connectivity index (χ1n) is 9.12. The van der Waals surface area contributed by atoms with Crippen LogP contribution in [-0.4, -0.2) is 19.2 Å². The zero-order valence-electron chi connectivity index (χ0n) is 16.5. The molecule has 0 saturated heterocycles. The van der Waals surface area contributed by atoms with Crippen LogP contribution in [0.3, 0.4) is 0 Å². The van der Waals surface area contributed by atoms with Crippen LogP contribution in [0.25, 0.3) is 0 Å². The number of carbonyl (C=O) groups is 1. The van der Waals surface area contributed by atoms with E-state index in [0.717, 1.165) is 16.6 Å². The highest BCUT2D eigenvalue weighted by atomic mass is 79.9. The van der Waals surface area contributed by atoms with Gasteiger partial charge >= 0.3 is 12.2 Å². The Kier molecular flexibility index (Phi) is 7.57. The summed E-state index contributed by atoms with van der Waals surface area (Å²) in [5.74, 6) is 0.714. The quantitative estimate of drug-likeness (QED) is 0.480. The molecule has 0 saturated carbocycles. The van der Waals surface area contributed by atoms with Gasteiger partial charge in [0.1, 0.15) is 5.75 Å². The van der Waals surface area contributed by atoms with Crippen LogP contribution in [0.2, 0.25) is 0 Å². The standard InChI is InChI=1S/C21H24BrF3N2O2/c1-20(2,3)14-8-9-18(17(22)13-14)29-11-5-10-26-19(28)27-16-7-4-6-15(12-16)21(23,24)25/h4,6-9,12-13H,5,10-11H2,1-3H3,(H2,26,27,28). The van der Waals surface area contributed by atoms with Gasteiger partial charge in [-0.25, -0.2) is 4.79 Å². The van der Waals surface area contributed by atoms with Crippen LogP contribution < -0.4 is 15.4 Å². The Morgan fingerprint density at radius 2 is 1.79 bits per heavy atom. The molecule has 2 amide bonds. The number of benzene rings is 2. The first-order valence-corrected chi connectivity index (χ1v) is 9.91. The van der Waals surface area contributed by atoms with E-state index in [2.05, 4.69) is 47.3 Å². The minimum Gasteiger partial charge on any atom is -0.492 e. The van der Waals surface area contributed by atoms with Crippen LogP contribution in [0.1, 0.15) is 38.3 Å². The van der Waals surface area contributed by atoms with Gasteiger partial charge < -0.3 is 15.4 Å². The summed E-state index contributed by atoms with van der Waals surface area (Å²) in [6, 6.07) is 9.86. The lowest BCUT2D eigenvalue weighted by molar-refractivity contribution is -0.137. The summed E-state index contributed by atoms with van der Waals surface area (Å²) in [6.45, 7) is 7.10. The largest absolute Gasteiger partial charge is 0.492 e. The molecule has 0 aliphatic rings. The van der Waals surface area contributed by atoms with Crippen LogP contribution in [0, 0.1) is 0 Å². The maximum atomic E-state index is 12.7. The molecule has 29 heavy (non-hydrogen) atoms. The molecule has 0 bridgehead atoms. The van der Waals surface area contributed by atoms with Crippen LogP contribution >= 0.6 is 15.9 Å². The van der Waals surface area contributed by atoms with Gasteiger partial charge in [0, 0.05) is 12.2 Å². The number of ether oxygens (including phenoxy) is 1. The van der Waals surface area contributed by atoms with E-state index in [1.165, 1.54) is 17.7 Å². The number of halogens is 4. The number of hydrogen-bond acceptors (Lipinski definition) is 2. The van der Waals surface area contributed by atoms with E-state index in [9.17, 15) is 18.0 Å². The van der Waals surface area contributed by atoms with Crippen LogP contribution in [0.5, 0.6) is 5.75 Å². The summed E-state index contributed by atoms with van der Waals surface area (Å²) in [4.78, 5) is 11.8. The number of urea groups is 1. The topological polar surface area (TPSA) is 50.4 Å². The first-order chi connectivity index (χ1) is 13.5. The molecular formula is C21H24BrF3N2O2. The third kappa shape index (κ3) is 7.27. The molecule has 2 N–H and O–H groups in total. The normalized spacial score (nSPS) is 11.8. The van der Waals surface area contributed by atoms with Crippen molar-refractivity contribution in [3.8, 4) is 5.75 Å². The van der Waals surface area contributed by atoms with Gasteiger partial charge in [0.2, 0.25) is 0 Å². The van der Waals surface area contributed by atoms with E-state index in [0.29, 0.717) is 25.3 Å². The molecule has 8 heteroatoms. The lowest BCUT2D eigenvalue weighted by atomic mass is 9.87. The highest BCUT2D eigenvalue weighted by Gasteiger charge is 2.30. The average Bonchev–Trinajstić information content (AvgIpc) is 2.61. The SMILES string of the molecule is CC(C)(C)c1ccc(OCCCNC(=O)Nc2cccc(C(F)(F)F)c2)c(Br)c1. The Morgan fingerprint density at radius 1 is 1.07 bits per heavy atom. The molecule has 2 rings (SSSR count). The number of rotatable bonds is 6. The molecule has 0 aliphatic carbocycles. The fourth-order valence-corrected chi connectivity index (χ4v) is 2.98. The Balaban J connectivity index is 1.75. The Labute approximate surface area is 177 Å². The molecule has 0 aromatic heterocycles. The molecule has 2 aromatic rings. The minimum absolute atomic E-state index is 0.0396. The molecule has 4 nitrogen and oxygen atoms in total. The average molecular weight is 473 g/mol. The third-order valence-electron chi connectivity index (χ3n) is 4.11. The smallest absolute Gasteiger partial charge is 0.416 e. The number of hydrogen-bond donors (Lipinski definition) is 2. The summed E-state index contributed by atoms with van der Waals surface area (Å²) >= 11 is 3.50. The van der Waals surface area contributed by atoms with Gasteiger partial charge in [-0.2, -0.15) is 13.2 Å². The number of alkyl halides is 3. The monoisotopic (exact) mass is 472 g/mol. The molecular weight excluding hydrogens is 449 g/mol. The highest BCUT2D eigenvalue weighted by molar-refractivity contribution is 9.10. The second-order valence-electron chi connectivity index (χ2n) is 7.56. The number of anilines is 1. The molecule has 2 aromatic carbocycles. The van der Waals surface area contributed by atoms with Crippen molar-refractivity contribution in [1.29, 1.82) is 0 Å². The Hall–Kier alpha value is -2.22. The molecule has 0 radical (unpaired) electrons. The summed E-state index contributed by atoms with van der Waals surface area (Å²) < 4.78 is 44.7. The van der Waals surface area contributed by atoms with Crippen LogP contribution in [0.15, 0.2) is 46.9 Å². The highest BCUT2D eigenvalue weighted by Crippen LogP contribution is 2.32. The molecule has 0 fully saturated rings. The van der Waals surface area contributed by atoms with E-state index in [4.69, 9.17) is 4.74 Å². The van der Waals surface area contributed by atoms with Crippen molar-refractivity contribution in [2.24, 2.45) is 0 Å². The molecule has 0 spiro atoms. The Bertz CT molecular complexity index is 849. The number of nitrogens with one attached hydrogen (secondary N) is 2. The van der Waals surface area contributed by atoms with Gasteiger partial charge in [0.05, 0.1) is 16.6 Å². The Morgan fingerprint density at radius 3 is 2.41 bits per heavy atom. The van der Waals surface area contributed by atoms with Crippen molar-refractivity contribution in [3.05, 3.63) is 58.1 Å². The van der Waals surface area contributed by atoms with Crippen molar-refractivity contribution in [1.82, 2.24) is 5.32 Å². The maximum Gasteiger partial charge on any atom is 0.416 e. The number of amides is 2. The molecule has 158 valence electrons. The van der Waals surface area contributed by atoms with Crippen LogP contribution in [-0.2, 0) is 11.6 Å².